The maximum Gasteiger partial charge on any atom is 0.255 e. The summed E-state index contributed by atoms with van der Waals surface area (Å²) in [5.74, 6) is -6.68. The van der Waals surface area contributed by atoms with Gasteiger partial charge in [-0.25, -0.2) is 0 Å². The summed E-state index contributed by atoms with van der Waals surface area (Å²) in [6.45, 7) is 0.735. The lowest BCUT2D eigenvalue weighted by molar-refractivity contribution is -0.153. The second kappa shape index (κ2) is 10.5. The van der Waals surface area contributed by atoms with Crippen LogP contribution in [0.25, 0.3) is 16.9 Å². The average molecular weight is 591 g/mol. The van der Waals surface area contributed by atoms with Crippen LogP contribution in [-0.2, 0) is 27.3 Å². The molecule has 2 aromatic rings. The first-order valence-electron chi connectivity index (χ1n) is 14.1. The molecular formula is C32H38N4O7. The third-order valence-electron chi connectivity index (χ3n) is 8.94. The van der Waals surface area contributed by atoms with Crippen LogP contribution >= 0.6 is 0 Å². The van der Waals surface area contributed by atoms with E-state index in [0.29, 0.717) is 16.7 Å². The molecule has 11 heteroatoms. The molecule has 0 aliphatic heterocycles. The quantitative estimate of drug-likeness (QED) is 0.313. The summed E-state index contributed by atoms with van der Waals surface area (Å²) in [6, 6.07) is 8.38. The molecule has 1 fully saturated rings. The van der Waals surface area contributed by atoms with Crippen LogP contribution in [-0.4, -0.2) is 102 Å². The Balaban J connectivity index is 1.72. The van der Waals surface area contributed by atoms with Gasteiger partial charge < -0.3 is 36.0 Å². The number of benzene rings is 2. The van der Waals surface area contributed by atoms with Crippen LogP contribution in [0.15, 0.2) is 47.2 Å². The van der Waals surface area contributed by atoms with Gasteiger partial charge in [-0.2, -0.15) is 0 Å². The van der Waals surface area contributed by atoms with Gasteiger partial charge in [0.05, 0.1) is 11.6 Å². The van der Waals surface area contributed by atoms with Gasteiger partial charge in [-0.3, -0.25) is 19.3 Å². The molecule has 4 atom stereocenters. The van der Waals surface area contributed by atoms with E-state index in [1.807, 2.05) is 68.3 Å². The molecule has 0 spiro atoms. The molecule has 5 rings (SSSR count). The van der Waals surface area contributed by atoms with Gasteiger partial charge in [0.25, 0.3) is 5.91 Å². The molecule has 0 heterocycles. The number of phenols is 1. The molecule has 0 saturated heterocycles. The minimum Gasteiger partial charge on any atom is -0.508 e. The van der Waals surface area contributed by atoms with E-state index in [4.69, 9.17) is 5.73 Å². The van der Waals surface area contributed by atoms with E-state index in [-0.39, 0.29) is 29.7 Å². The van der Waals surface area contributed by atoms with Crippen molar-refractivity contribution in [2.24, 2.45) is 17.6 Å². The first-order chi connectivity index (χ1) is 20.1. The number of hydrogen-bond donors (Lipinski definition) is 5. The number of aliphatic hydroxyl groups is 3. The zero-order valence-corrected chi connectivity index (χ0v) is 25.2. The van der Waals surface area contributed by atoms with Crippen LogP contribution < -0.4 is 10.6 Å². The number of amides is 1. The van der Waals surface area contributed by atoms with Crippen molar-refractivity contribution in [2.45, 2.75) is 31.0 Å². The number of aliphatic hydroxyl groups excluding tert-OH is 2. The first-order valence-corrected chi connectivity index (χ1v) is 14.1. The van der Waals surface area contributed by atoms with E-state index in [9.17, 15) is 34.8 Å². The molecule has 3 aliphatic rings. The Bertz CT molecular complexity index is 1610. The molecule has 0 bridgehead atoms. The number of ketones is 2. The number of carbonyl (C=O) groups excluding carboxylic acids is 3. The highest BCUT2D eigenvalue weighted by Gasteiger charge is 2.64. The Kier molecular flexibility index (Phi) is 7.40. The van der Waals surface area contributed by atoms with Gasteiger partial charge in [-0.15, -0.1) is 0 Å². The van der Waals surface area contributed by atoms with Crippen molar-refractivity contribution in [1.29, 1.82) is 0 Å². The summed E-state index contributed by atoms with van der Waals surface area (Å²) in [5.41, 5.74) is 5.34. The molecule has 11 nitrogen and oxygen atoms in total. The number of rotatable bonds is 6. The molecular weight excluding hydrogens is 552 g/mol. The number of carbonyl (C=O) groups is 3. The minimum atomic E-state index is -2.68. The Morgan fingerprint density at radius 1 is 1.02 bits per heavy atom. The predicted molar refractivity (Wildman–Crippen MR) is 161 cm³/mol. The van der Waals surface area contributed by atoms with Gasteiger partial charge in [0, 0.05) is 43.4 Å². The second-order valence-electron chi connectivity index (χ2n) is 12.4. The van der Waals surface area contributed by atoms with Crippen LogP contribution in [0.2, 0.25) is 0 Å². The molecule has 0 aromatic heterocycles. The summed E-state index contributed by atoms with van der Waals surface area (Å²) < 4.78 is 0. The Hall–Kier alpha value is -4.19. The predicted octanol–water partition coefficient (Wildman–Crippen LogP) is 1.76. The number of aromatic hydroxyl groups is 1. The molecule has 3 aliphatic carbocycles. The highest BCUT2D eigenvalue weighted by atomic mass is 16.3. The Labute approximate surface area is 250 Å². The summed E-state index contributed by atoms with van der Waals surface area (Å²) >= 11 is 0. The molecule has 1 amide bonds. The van der Waals surface area contributed by atoms with Crippen molar-refractivity contribution in [3.63, 3.8) is 0 Å². The number of fused-ring (bicyclic) bond motifs is 3. The van der Waals surface area contributed by atoms with Gasteiger partial charge in [-0.1, -0.05) is 24.3 Å². The molecule has 228 valence electrons. The fourth-order valence-corrected chi connectivity index (χ4v) is 7.07. The number of primary amides is 1. The highest BCUT2D eigenvalue weighted by molar-refractivity contribution is 6.24. The van der Waals surface area contributed by atoms with Crippen LogP contribution in [0.3, 0.4) is 0 Å². The zero-order chi connectivity index (χ0) is 31.7. The maximum absolute atomic E-state index is 14.2. The van der Waals surface area contributed by atoms with Gasteiger partial charge >= 0.3 is 0 Å². The standard InChI is InChI=1S/C32H38N4O7/c1-34(2)14-15-7-9-16(10-8-15)18-13-21(35(3)4)19-11-17-12-20-25(36(5)6)28(39)24(31(33)42)30(41)32(20,43)29(40)22(17)27(38)23(19)26(18)37/h7-10,13,17,20,25,37-38,41,43H,11-12,14H2,1-6H3,(H2,33,42)/t17-,20-,25-,32-/m0/s1. The normalized spacial score (nSPS) is 25.2. The largest absolute Gasteiger partial charge is 0.508 e. The van der Waals surface area contributed by atoms with E-state index in [2.05, 4.69) is 0 Å². The van der Waals surface area contributed by atoms with Crippen LogP contribution in [0.5, 0.6) is 5.75 Å². The monoisotopic (exact) mass is 590 g/mol. The van der Waals surface area contributed by atoms with E-state index in [1.165, 1.54) is 4.90 Å². The number of nitrogens with zero attached hydrogens (tertiary/aromatic N) is 3. The first kappa shape index (κ1) is 30.3. The Morgan fingerprint density at radius 2 is 1.65 bits per heavy atom. The number of nitrogens with two attached hydrogens (primary N) is 1. The maximum atomic E-state index is 14.2. The van der Waals surface area contributed by atoms with Crippen molar-refractivity contribution in [3.8, 4) is 16.9 Å². The third-order valence-corrected chi connectivity index (χ3v) is 8.94. The van der Waals surface area contributed by atoms with Gasteiger partial charge in [0.1, 0.15) is 22.8 Å². The SMILES string of the molecule is CN(C)Cc1ccc(-c2cc(N(C)C)c3c(c2O)C(O)=C2C(=O)[C@]4(O)C(O)=C(C(N)=O)C(=O)[C@@H](N(C)C)[C@@H]4C[C@@H]2C3)cc1. The highest BCUT2D eigenvalue weighted by Crippen LogP contribution is 2.54. The number of Topliss-reactive ketones (excluding diaryl/α,β-unsaturated/α-hetero) is 2. The molecule has 43 heavy (non-hydrogen) atoms. The molecule has 6 N–H and O–H groups in total. The fourth-order valence-electron chi connectivity index (χ4n) is 7.07. The number of phenolic OH excluding ortho intramolecular Hbond substituents is 1. The minimum absolute atomic E-state index is 0.0362. The second-order valence-corrected chi connectivity index (χ2v) is 12.4. The lowest BCUT2D eigenvalue weighted by atomic mass is 9.57. The van der Waals surface area contributed by atoms with Crippen molar-refractivity contribution >= 4 is 28.9 Å². The lowest BCUT2D eigenvalue weighted by Crippen LogP contribution is -2.65. The van der Waals surface area contributed by atoms with Crippen LogP contribution in [0.1, 0.15) is 23.1 Å². The average Bonchev–Trinajstić information content (AvgIpc) is 2.90. The molecule has 1 saturated carbocycles. The zero-order valence-electron chi connectivity index (χ0n) is 25.2. The third kappa shape index (κ3) is 4.50. The van der Waals surface area contributed by atoms with Crippen molar-refractivity contribution < 1.29 is 34.8 Å². The topological polar surface area (TPSA) is 168 Å². The smallest absolute Gasteiger partial charge is 0.255 e. The Morgan fingerprint density at radius 3 is 2.19 bits per heavy atom. The van der Waals surface area contributed by atoms with Crippen LogP contribution in [0.4, 0.5) is 5.69 Å². The van der Waals surface area contributed by atoms with Crippen molar-refractivity contribution in [3.05, 3.63) is 63.9 Å². The number of likely N-dealkylation sites (N-methyl/N-ethyl adjacent to an activating group) is 1. The van der Waals surface area contributed by atoms with Crippen molar-refractivity contribution in [2.75, 3.05) is 47.2 Å². The van der Waals surface area contributed by atoms with Gasteiger partial charge in [-0.05, 0) is 69.7 Å². The summed E-state index contributed by atoms with van der Waals surface area (Å²) in [7, 11) is 10.8. The lowest BCUT2D eigenvalue weighted by Gasteiger charge is -2.50. The summed E-state index contributed by atoms with van der Waals surface area (Å²) in [6.07, 6.45) is 0.256. The summed E-state index contributed by atoms with van der Waals surface area (Å²) in [5, 5.41) is 46.2. The van der Waals surface area contributed by atoms with E-state index < -0.39 is 58.0 Å². The van der Waals surface area contributed by atoms with E-state index >= 15 is 0 Å². The molecule has 2 aromatic carbocycles. The molecule has 0 unspecified atom stereocenters. The van der Waals surface area contributed by atoms with Gasteiger partial charge in [0.15, 0.2) is 11.4 Å². The van der Waals surface area contributed by atoms with E-state index in [0.717, 1.165) is 17.8 Å². The number of hydrogen-bond acceptors (Lipinski definition) is 10. The van der Waals surface area contributed by atoms with Gasteiger partial charge in [0.2, 0.25) is 5.78 Å². The fraction of sp³-hybridized carbons (Fsp3) is 0.406. The van der Waals surface area contributed by atoms with Crippen molar-refractivity contribution in [1.82, 2.24) is 9.80 Å². The number of anilines is 1. The summed E-state index contributed by atoms with van der Waals surface area (Å²) in [4.78, 5) is 45.1. The van der Waals surface area contributed by atoms with Crippen LogP contribution in [0, 0.1) is 11.8 Å². The van der Waals surface area contributed by atoms with E-state index in [1.54, 1.807) is 14.1 Å². The molecule has 0 radical (unpaired) electrons.